The van der Waals surface area contributed by atoms with Crippen molar-refractivity contribution in [3.63, 3.8) is 0 Å². The average molecular weight is 461 g/mol. The highest BCUT2D eigenvalue weighted by Crippen LogP contribution is 2.28. The van der Waals surface area contributed by atoms with Crippen molar-refractivity contribution in [1.82, 2.24) is 24.6 Å². The van der Waals surface area contributed by atoms with E-state index in [9.17, 15) is 4.79 Å². The van der Waals surface area contributed by atoms with Crippen LogP contribution in [0.5, 0.6) is 0 Å². The Bertz CT molecular complexity index is 1460. The summed E-state index contributed by atoms with van der Waals surface area (Å²) in [6.45, 7) is 7.30. The first-order chi connectivity index (χ1) is 16.1. The molecule has 4 aromatic heterocycles. The van der Waals surface area contributed by atoms with E-state index in [1.165, 1.54) is 24.2 Å². The van der Waals surface area contributed by atoms with Crippen molar-refractivity contribution >= 4 is 47.1 Å². The summed E-state index contributed by atoms with van der Waals surface area (Å²) in [5.74, 6) is 2.86. The number of aromatic nitrogens is 5. The highest BCUT2D eigenvalue weighted by Gasteiger charge is 2.25. The van der Waals surface area contributed by atoms with Gasteiger partial charge in [-0.25, -0.2) is 9.97 Å². The molecule has 0 spiro atoms. The number of pyridine rings is 1. The molecule has 0 amide bonds. The van der Waals surface area contributed by atoms with E-state index in [1.807, 2.05) is 28.9 Å². The van der Waals surface area contributed by atoms with Crippen molar-refractivity contribution in [3.05, 3.63) is 61.8 Å². The van der Waals surface area contributed by atoms with Crippen LogP contribution in [0.1, 0.15) is 18.4 Å². The van der Waals surface area contributed by atoms with Gasteiger partial charge < -0.3 is 20.1 Å². The van der Waals surface area contributed by atoms with Gasteiger partial charge in [-0.3, -0.25) is 4.79 Å². The van der Waals surface area contributed by atoms with Crippen LogP contribution >= 0.6 is 11.3 Å². The monoisotopic (exact) mass is 460 g/mol. The molecule has 1 aliphatic carbocycles. The number of piperazine rings is 1. The van der Waals surface area contributed by atoms with Crippen LogP contribution in [0.4, 0.5) is 17.5 Å². The van der Waals surface area contributed by atoms with Gasteiger partial charge in [0.05, 0.1) is 15.4 Å². The Morgan fingerprint density at radius 3 is 2.61 bits per heavy atom. The van der Waals surface area contributed by atoms with Crippen LogP contribution in [-0.2, 0) is 0 Å². The molecule has 0 radical (unpaired) electrons. The minimum absolute atomic E-state index is 0.137. The fourth-order valence-electron chi connectivity index (χ4n) is 4.11. The van der Waals surface area contributed by atoms with Gasteiger partial charge in [-0.1, -0.05) is 12.6 Å². The molecule has 33 heavy (non-hydrogen) atoms. The van der Waals surface area contributed by atoms with Gasteiger partial charge >= 0.3 is 0 Å². The highest BCUT2D eigenvalue weighted by atomic mass is 32.1. The lowest BCUT2D eigenvalue weighted by molar-refractivity contribution is 0.641. The van der Waals surface area contributed by atoms with Crippen molar-refractivity contribution in [3.8, 4) is 0 Å². The number of rotatable bonds is 5. The van der Waals surface area contributed by atoms with Gasteiger partial charge in [-0.15, -0.1) is 11.3 Å². The summed E-state index contributed by atoms with van der Waals surface area (Å²) >= 11 is 1.34. The smallest absolute Gasteiger partial charge is 0.266 e. The lowest BCUT2D eigenvalue weighted by Crippen LogP contribution is -2.47. The molecular formula is C23H24N8OS. The molecule has 4 aromatic rings. The second-order valence-electron chi connectivity index (χ2n) is 8.40. The van der Waals surface area contributed by atoms with Crippen molar-refractivity contribution in [2.75, 3.05) is 41.3 Å². The Balaban J connectivity index is 1.36. The normalized spacial score (nSPS) is 17.2. The van der Waals surface area contributed by atoms with Crippen molar-refractivity contribution in [2.24, 2.45) is 0 Å². The zero-order valence-corrected chi connectivity index (χ0v) is 18.9. The van der Waals surface area contributed by atoms with Crippen LogP contribution in [-0.4, -0.2) is 56.8 Å². The lowest BCUT2D eigenvalue weighted by atomic mass is 10.3. The van der Waals surface area contributed by atoms with Gasteiger partial charge in [0.1, 0.15) is 17.5 Å². The van der Waals surface area contributed by atoms with Gasteiger partial charge in [-0.2, -0.15) is 9.61 Å². The maximum atomic E-state index is 12.2. The number of H-pyrrole nitrogens is 1. The topological polar surface area (TPSA) is 94.4 Å². The molecular weight excluding hydrogens is 436 g/mol. The summed E-state index contributed by atoms with van der Waals surface area (Å²) in [6, 6.07) is 8.58. The number of nitrogens with zero attached hydrogens (tertiary/aromatic N) is 6. The molecule has 0 atom stereocenters. The number of hydrogen-bond acceptors (Lipinski definition) is 8. The molecule has 2 aliphatic rings. The van der Waals surface area contributed by atoms with Gasteiger partial charge in [0.15, 0.2) is 5.65 Å². The van der Waals surface area contributed by atoms with Gasteiger partial charge in [0, 0.05) is 50.0 Å². The first kappa shape index (κ1) is 20.0. The Labute approximate surface area is 193 Å². The maximum Gasteiger partial charge on any atom is 0.266 e. The predicted molar refractivity (Wildman–Crippen MR) is 132 cm³/mol. The molecule has 0 aromatic carbocycles. The largest absolute Gasteiger partial charge is 0.367 e. The van der Waals surface area contributed by atoms with Crippen molar-refractivity contribution in [1.29, 1.82) is 0 Å². The molecule has 1 saturated carbocycles. The van der Waals surface area contributed by atoms with E-state index >= 15 is 0 Å². The fraction of sp³-hybridized carbons (Fsp3) is 0.304. The fourth-order valence-corrected chi connectivity index (χ4v) is 4.84. The Hall–Kier alpha value is -3.66. The minimum atomic E-state index is -0.137. The van der Waals surface area contributed by atoms with Crippen LogP contribution in [0.3, 0.4) is 0 Å². The second-order valence-corrected chi connectivity index (χ2v) is 9.54. The molecule has 0 bridgehead atoms. The molecule has 2 N–H and O–H groups in total. The van der Waals surface area contributed by atoms with Gasteiger partial charge in [-0.05, 0) is 31.1 Å². The summed E-state index contributed by atoms with van der Waals surface area (Å²) in [4.78, 5) is 29.0. The maximum absolute atomic E-state index is 12.2. The summed E-state index contributed by atoms with van der Waals surface area (Å²) in [7, 11) is 0. The molecule has 2 fully saturated rings. The van der Waals surface area contributed by atoms with Gasteiger partial charge in [0.25, 0.3) is 5.56 Å². The summed E-state index contributed by atoms with van der Waals surface area (Å²) in [6.07, 6.45) is 7.78. The van der Waals surface area contributed by atoms with Crippen LogP contribution in [0.15, 0.2) is 41.5 Å². The van der Waals surface area contributed by atoms with Crippen LogP contribution in [0, 0.1) is 0 Å². The Morgan fingerprint density at radius 1 is 1.15 bits per heavy atom. The van der Waals surface area contributed by atoms with E-state index < -0.39 is 0 Å². The zero-order valence-electron chi connectivity index (χ0n) is 18.1. The summed E-state index contributed by atoms with van der Waals surface area (Å²) in [5, 5.41) is 8.16. The first-order valence-corrected chi connectivity index (χ1v) is 11.9. The Kier molecular flexibility index (Phi) is 4.87. The Morgan fingerprint density at radius 2 is 1.94 bits per heavy atom. The molecule has 9 nitrogen and oxygen atoms in total. The summed E-state index contributed by atoms with van der Waals surface area (Å²) < 4.78 is 3.08. The average Bonchev–Trinajstić information content (AvgIpc) is 3.47. The molecule has 6 rings (SSSR count). The standard InChI is InChI=1S/C23H24N8OS/c1-15-26-23(32)18(33-15)12-16-14-25-31-21(27-17-5-6-17)13-20(28-22(16)31)30-10-8-29(9-11-30)19-4-2-3-7-24-19/h2-4,7,12-14,17,27H,1,5-6,8-11H2,(H,26,32)/b18-12-. The van der Waals surface area contributed by atoms with Crippen molar-refractivity contribution < 1.29 is 0 Å². The highest BCUT2D eigenvalue weighted by molar-refractivity contribution is 7.07. The number of thiazole rings is 1. The molecule has 10 heteroatoms. The van der Waals surface area contributed by atoms with E-state index in [-0.39, 0.29) is 5.56 Å². The van der Waals surface area contributed by atoms with E-state index in [0.717, 1.165) is 54.8 Å². The van der Waals surface area contributed by atoms with E-state index in [1.54, 1.807) is 6.20 Å². The van der Waals surface area contributed by atoms with Gasteiger partial charge in [0.2, 0.25) is 0 Å². The molecule has 1 aliphatic heterocycles. The first-order valence-electron chi connectivity index (χ1n) is 11.1. The lowest BCUT2D eigenvalue weighted by Gasteiger charge is -2.36. The molecule has 0 unspecified atom stereocenters. The number of anilines is 3. The van der Waals surface area contributed by atoms with Crippen LogP contribution < -0.4 is 29.9 Å². The van der Waals surface area contributed by atoms with Crippen LogP contribution in [0.25, 0.3) is 18.3 Å². The van der Waals surface area contributed by atoms with Crippen molar-refractivity contribution in [2.45, 2.75) is 18.9 Å². The second kappa shape index (κ2) is 8.04. The molecule has 1 saturated heterocycles. The predicted octanol–water partition coefficient (Wildman–Crippen LogP) is 1.01. The zero-order chi connectivity index (χ0) is 22.4. The quantitative estimate of drug-likeness (QED) is 0.459. The number of aromatic amines is 1. The van der Waals surface area contributed by atoms with E-state index in [0.29, 0.717) is 15.2 Å². The third-order valence-electron chi connectivity index (χ3n) is 5.99. The number of fused-ring (bicyclic) bond motifs is 1. The third kappa shape index (κ3) is 3.97. The number of hydrogen-bond donors (Lipinski definition) is 2. The third-order valence-corrected chi connectivity index (χ3v) is 6.86. The summed E-state index contributed by atoms with van der Waals surface area (Å²) in [5.41, 5.74) is 1.42. The number of nitrogens with one attached hydrogen (secondary N) is 2. The minimum Gasteiger partial charge on any atom is -0.367 e. The van der Waals surface area contributed by atoms with E-state index in [4.69, 9.17) is 4.98 Å². The van der Waals surface area contributed by atoms with Crippen LogP contribution in [0.2, 0.25) is 0 Å². The molecule has 168 valence electrons. The molecule has 5 heterocycles. The van der Waals surface area contributed by atoms with E-state index in [2.05, 4.69) is 48.9 Å². The SMILES string of the molecule is C=c1[nH]c(=O)/c(=C/c2cnn3c(NC4CC4)cc(N4CCN(c5ccccn5)CC4)nc23)s1.